The number of carbonyl (C=O) groups is 1. The van der Waals surface area contributed by atoms with Crippen molar-refractivity contribution in [3.05, 3.63) is 72.1 Å². The fourth-order valence-corrected chi connectivity index (χ4v) is 3.74. The quantitative estimate of drug-likeness (QED) is 0.296. The molecule has 4 aromatic rings. The van der Waals surface area contributed by atoms with Gasteiger partial charge in [0.05, 0.1) is 58.2 Å². The second-order valence-corrected chi connectivity index (χ2v) is 9.68. The molecule has 1 amide bonds. The number of alkyl halides is 1. The lowest BCUT2D eigenvalue weighted by Gasteiger charge is -2.22. The highest BCUT2D eigenvalue weighted by atomic mass is 19.1. The molecule has 0 aliphatic heterocycles. The van der Waals surface area contributed by atoms with Crippen molar-refractivity contribution in [1.29, 1.82) is 5.26 Å². The Kier molecular flexibility index (Phi) is 7.60. The summed E-state index contributed by atoms with van der Waals surface area (Å²) in [6.07, 6.45) is 1.20. The maximum Gasteiger partial charge on any atom is 0.255 e. The van der Waals surface area contributed by atoms with E-state index < -0.39 is 17.7 Å². The maximum absolute atomic E-state index is 14.3. The Morgan fingerprint density at radius 2 is 2.00 bits per heavy atom. The van der Waals surface area contributed by atoms with E-state index in [9.17, 15) is 14.3 Å². The number of nitriles is 1. The highest BCUT2D eigenvalue weighted by Gasteiger charge is 2.27. The highest BCUT2D eigenvalue weighted by molar-refractivity contribution is 6.00. The Labute approximate surface area is 219 Å². The van der Waals surface area contributed by atoms with Crippen molar-refractivity contribution >= 4 is 22.8 Å². The lowest BCUT2D eigenvalue weighted by atomic mass is 10.0. The fourth-order valence-electron chi connectivity index (χ4n) is 3.74. The Balaban J connectivity index is 1.71. The molecule has 3 N–H and O–H groups in total. The molecule has 0 unspecified atom stereocenters. The molecule has 10 heteroatoms. The van der Waals surface area contributed by atoms with Gasteiger partial charge < -0.3 is 20.5 Å². The van der Waals surface area contributed by atoms with E-state index in [-0.39, 0.29) is 18.2 Å². The number of carbonyl (C=O) groups excluding carboxylic acids is 1. The molecule has 0 aliphatic rings. The molecule has 1 aromatic carbocycles. The number of rotatable bonds is 9. The summed E-state index contributed by atoms with van der Waals surface area (Å²) >= 11 is 0. The molecule has 9 nitrogen and oxygen atoms in total. The molecule has 3 heterocycles. The van der Waals surface area contributed by atoms with Gasteiger partial charge in [-0.2, -0.15) is 10.4 Å². The van der Waals surface area contributed by atoms with Crippen LogP contribution in [0.25, 0.3) is 16.9 Å². The third kappa shape index (κ3) is 6.07. The number of nitrogens with zero attached hydrogens (tertiary/aromatic N) is 4. The van der Waals surface area contributed by atoms with Crippen LogP contribution in [-0.4, -0.2) is 50.0 Å². The second-order valence-electron chi connectivity index (χ2n) is 9.68. The van der Waals surface area contributed by atoms with Crippen molar-refractivity contribution in [2.45, 2.75) is 45.6 Å². The summed E-state index contributed by atoms with van der Waals surface area (Å²) < 4.78 is 21.7. The summed E-state index contributed by atoms with van der Waals surface area (Å²) in [6, 6.07) is 16.4. The van der Waals surface area contributed by atoms with Crippen molar-refractivity contribution in [3.8, 4) is 23.2 Å². The predicted molar refractivity (Wildman–Crippen MR) is 142 cm³/mol. The number of benzene rings is 1. The van der Waals surface area contributed by atoms with E-state index in [1.807, 2.05) is 50.2 Å². The SMILES string of the molecule is CC(C)Oc1cccc(Nc2cc(-c3ccc4cc(C#N)cnn34)ncc2C(=O)NC[C@@H](F)C(C)(C)O)c1. The second kappa shape index (κ2) is 10.9. The number of fused-ring (bicyclic) bond motifs is 1. The molecule has 0 radical (unpaired) electrons. The van der Waals surface area contributed by atoms with E-state index in [1.165, 1.54) is 26.2 Å². The van der Waals surface area contributed by atoms with Gasteiger partial charge in [0.15, 0.2) is 0 Å². The van der Waals surface area contributed by atoms with Crippen LogP contribution in [0, 0.1) is 11.3 Å². The number of nitrogens with one attached hydrogen (secondary N) is 2. The van der Waals surface area contributed by atoms with Gasteiger partial charge in [0, 0.05) is 18.0 Å². The minimum atomic E-state index is -1.66. The lowest BCUT2D eigenvalue weighted by molar-refractivity contribution is -0.00177. The first-order valence-corrected chi connectivity index (χ1v) is 12.1. The first-order chi connectivity index (χ1) is 18.0. The van der Waals surface area contributed by atoms with E-state index in [2.05, 4.69) is 26.8 Å². The Morgan fingerprint density at radius 3 is 2.71 bits per heavy atom. The number of halogens is 1. The van der Waals surface area contributed by atoms with Gasteiger partial charge in [-0.25, -0.2) is 8.91 Å². The molecule has 196 valence electrons. The molecule has 1 atom stereocenters. The van der Waals surface area contributed by atoms with Crippen molar-refractivity contribution in [1.82, 2.24) is 19.9 Å². The van der Waals surface area contributed by atoms with E-state index in [0.29, 0.717) is 34.1 Å². The zero-order valence-electron chi connectivity index (χ0n) is 21.6. The van der Waals surface area contributed by atoms with Gasteiger partial charge in [-0.1, -0.05) is 6.07 Å². The average molecular weight is 517 g/mol. The normalized spacial score (nSPS) is 12.3. The van der Waals surface area contributed by atoms with E-state index in [1.54, 1.807) is 16.6 Å². The van der Waals surface area contributed by atoms with Crippen LogP contribution in [0.3, 0.4) is 0 Å². The number of aliphatic hydroxyl groups is 1. The third-order valence-corrected chi connectivity index (χ3v) is 5.73. The zero-order valence-corrected chi connectivity index (χ0v) is 21.6. The number of anilines is 2. The number of pyridine rings is 1. The van der Waals surface area contributed by atoms with Gasteiger partial charge in [-0.05, 0) is 64.1 Å². The molecule has 0 spiro atoms. The monoisotopic (exact) mass is 516 g/mol. The van der Waals surface area contributed by atoms with Gasteiger partial charge in [0.2, 0.25) is 0 Å². The van der Waals surface area contributed by atoms with E-state index in [0.717, 1.165) is 5.52 Å². The maximum atomic E-state index is 14.3. The number of hydrogen-bond donors (Lipinski definition) is 3. The summed E-state index contributed by atoms with van der Waals surface area (Å²) in [5.41, 5.74) is 2.02. The van der Waals surface area contributed by atoms with Crippen molar-refractivity contribution in [3.63, 3.8) is 0 Å². The topological polar surface area (TPSA) is 125 Å². The minimum absolute atomic E-state index is 0.0137. The van der Waals surface area contributed by atoms with E-state index >= 15 is 0 Å². The Hall–Kier alpha value is -4.49. The van der Waals surface area contributed by atoms with Gasteiger partial charge in [0.25, 0.3) is 5.91 Å². The molecular formula is C28H29FN6O3. The minimum Gasteiger partial charge on any atom is -0.491 e. The molecular weight excluding hydrogens is 487 g/mol. The lowest BCUT2D eigenvalue weighted by Crippen LogP contribution is -2.42. The first-order valence-electron chi connectivity index (χ1n) is 12.1. The summed E-state index contributed by atoms with van der Waals surface area (Å²) in [4.78, 5) is 17.5. The first kappa shape index (κ1) is 26.6. The molecule has 0 aliphatic carbocycles. The van der Waals surface area contributed by atoms with Gasteiger partial charge in [0.1, 0.15) is 18.0 Å². The average Bonchev–Trinajstić information content (AvgIpc) is 3.29. The van der Waals surface area contributed by atoms with Crippen LogP contribution >= 0.6 is 0 Å². The highest BCUT2D eigenvalue weighted by Crippen LogP contribution is 2.29. The molecule has 38 heavy (non-hydrogen) atoms. The molecule has 3 aromatic heterocycles. The van der Waals surface area contributed by atoms with Crippen molar-refractivity contribution in [2.24, 2.45) is 0 Å². The van der Waals surface area contributed by atoms with Crippen molar-refractivity contribution in [2.75, 3.05) is 11.9 Å². The molecule has 4 rings (SSSR count). The Bertz CT molecular complexity index is 1500. The smallest absolute Gasteiger partial charge is 0.255 e. The number of hydrogen-bond acceptors (Lipinski definition) is 7. The van der Waals surface area contributed by atoms with Crippen LogP contribution in [0.4, 0.5) is 15.8 Å². The number of amides is 1. The number of aromatic nitrogens is 3. The fraction of sp³-hybridized carbons (Fsp3) is 0.286. The summed E-state index contributed by atoms with van der Waals surface area (Å²) in [7, 11) is 0. The standard InChI is InChI=1S/C28H29FN6O3/c1-17(2)38-21-7-5-6-19(11-21)34-23-12-24(25-9-8-20-10-18(13-30)14-33-35(20)25)31-15-22(23)27(36)32-16-26(29)28(3,4)37/h5-12,14-15,17,26,37H,16H2,1-4H3,(H,31,34)(H,32,36)/t26-/m1/s1. The molecule has 0 bridgehead atoms. The van der Waals surface area contributed by atoms with Crippen LogP contribution in [0.5, 0.6) is 5.75 Å². The third-order valence-electron chi connectivity index (χ3n) is 5.73. The summed E-state index contributed by atoms with van der Waals surface area (Å²) in [5, 5.41) is 29.2. The van der Waals surface area contributed by atoms with Gasteiger partial charge in [-0.3, -0.25) is 9.78 Å². The van der Waals surface area contributed by atoms with E-state index in [4.69, 9.17) is 10.00 Å². The van der Waals surface area contributed by atoms with Crippen LogP contribution < -0.4 is 15.4 Å². The van der Waals surface area contributed by atoms with Crippen molar-refractivity contribution < 1.29 is 19.0 Å². The van der Waals surface area contributed by atoms with Gasteiger partial charge in [-0.15, -0.1) is 0 Å². The molecule has 0 fully saturated rings. The summed E-state index contributed by atoms with van der Waals surface area (Å²) in [5.74, 6) is 0.107. The predicted octanol–water partition coefficient (Wildman–Crippen LogP) is 4.64. The van der Waals surface area contributed by atoms with Crippen LogP contribution in [0.1, 0.15) is 43.6 Å². The largest absolute Gasteiger partial charge is 0.491 e. The van der Waals surface area contributed by atoms with Crippen LogP contribution in [0.2, 0.25) is 0 Å². The molecule has 0 saturated carbocycles. The summed E-state index contributed by atoms with van der Waals surface area (Å²) in [6.45, 7) is 6.18. The number of ether oxygens (including phenoxy) is 1. The molecule has 0 saturated heterocycles. The van der Waals surface area contributed by atoms with Crippen LogP contribution in [-0.2, 0) is 0 Å². The van der Waals surface area contributed by atoms with Gasteiger partial charge >= 0.3 is 0 Å². The van der Waals surface area contributed by atoms with Crippen LogP contribution in [0.15, 0.2) is 60.9 Å². The Morgan fingerprint density at radius 1 is 1.21 bits per heavy atom. The zero-order chi connectivity index (χ0) is 27.4.